The van der Waals surface area contributed by atoms with E-state index in [1.807, 2.05) is 84.9 Å². The van der Waals surface area contributed by atoms with Crippen molar-refractivity contribution in [1.82, 2.24) is 0 Å². The number of esters is 1. The Balaban J connectivity index is 1.37. The first-order valence-corrected chi connectivity index (χ1v) is 9.52. The predicted octanol–water partition coefficient (Wildman–Crippen LogP) is 5.48. The van der Waals surface area contributed by atoms with Crippen LogP contribution >= 0.6 is 0 Å². The molecule has 0 aliphatic carbocycles. The molecule has 0 aliphatic rings. The van der Waals surface area contributed by atoms with Crippen LogP contribution in [-0.4, -0.2) is 18.4 Å². The van der Waals surface area contributed by atoms with Crippen LogP contribution in [0.25, 0.3) is 21.9 Å². The second-order valence-electron chi connectivity index (χ2n) is 6.84. The largest absolute Gasteiger partial charge is 0.457 e. The molecule has 29 heavy (non-hydrogen) atoms. The van der Waals surface area contributed by atoms with E-state index in [2.05, 4.69) is 0 Å². The third-order valence-corrected chi connectivity index (χ3v) is 4.89. The summed E-state index contributed by atoms with van der Waals surface area (Å²) in [7, 11) is 0. The second-order valence-corrected chi connectivity index (χ2v) is 6.84. The lowest BCUT2D eigenvalue weighted by Crippen LogP contribution is -2.15. The molecule has 0 heterocycles. The molecule has 0 aromatic heterocycles. The van der Waals surface area contributed by atoms with Crippen LogP contribution in [0.1, 0.15) is 15.9 Å². The highest BCUT2D eigenvalue weighted by atomic mass is 16.5. The number of carbonyl (C=O) groups is 2. The fourth-order valence-corrected chi connectivity index (χ4v) is 3.36. The van der Waals surface area contributed by atoms with Crippen LogP contribution in [0, 0.1) is 0 Å². The van der Waals surface area contributed by atoms with Gasteiger partial charge in [0.15, 0.2) is 12.4 Å². The molecule has 0 saturated heterocycles. The van der Waals surface area contributed by atoms with Gasteiger partial charge in [-0.2, -0.15) is 0 Å². The van der Waals surface area contributed by atoms with Crippen LogP contribution in [0.15, 0.2) is 97.1 Å². The zero-order chi connectivity index (χ0) is 20.1. The molecule has 0 atom stereocenters. The molecule has 3 heteroatoms. The summed E-state index contributed by atoms with van der Waals surface area (Å²) in [5.74, 6) is -0.619. The molecule has 0 spiro atoms. The van der Waals surface area contributed by atoms with E-state index in [9.17, 15) is 9.59 Å². The summed E-state index contributed by atoms with van der Waals surface area (Å²) in [5, 5.41) is 2.10. The predicted molar refractivity (Wildman–Crippen MR) is 115 cm³/mol. The molecule has 4 aromatic carbocycles. The summed E-state index contributed by atoms with van der Waals surface area (Å²) >= 11 is 0. The van der Waals surface area contributed by atoms with E-state index in [0.29, 0.717) is 5.56 Å². The van der Waals surface area contributed by atoms with Crippen molar-refractivity contribution < 1.29 is 14.3 Å². The zero-order valence-electron chi connectivity index (χ0n) is 15.9. The molecule has 0 radical (unpaired) electrons. The van der Waals surface area contributed by atoms with Gasteiger partial charge >= 0.3 is 5.97 Å². The minimum atomic E-state index is -0.407. The summed E-state index contributed by atoms with van der Waals surface area (Å²) in [5.41, 5.74) is 3.55. The average Bonchev–Trinajstić information content (AvgIpc) is 2.78. The topological polar surface area (TPSA) is 43.4 Å². The van der Waals surface area contributed by atoms with Crippen molar-refractivity contribution in [2.45, 2.75) is 6.42 Å². The molecule has 3 nitrogen and oxygen atoms in total. The van der Waals surface area contributed by atoms with Crippen molar-refractivity contribution in [3.8, 4) is 11.1 Å². The Morgan fingerprint density at radius 2 is 1.31 bits per heavy atom. The number of hydrogen-bond donors (Lipinski definition) is 0. The Morgan fingerprint density at radius 3 is 2.10 bits per heavy atom. The van der Waals surface area contributed by atoms with Gasteiger partial charge in [0.25, 0.3) is 0 Å². The Morgan fingerprint density at radius 1 is 0.655 bits per heavy atom. The van der Waals surface area contributed by atoms with Gasteiger partial charge in [0.2, 0.25) is 0 Å². The second kappa shape index (κ2) is 8.53. The number of fused-ring (bicyclic) bond motifs is 1. The molecule has 142 valence electrons. The number of carbonyl (C=O) groups excluding carboxylic acids is 2. The fourth-order valence-electron chi connectivity index (χ4n) is 3.36. The molecule has 0 bridgehead atoms. The number of hydrogen-bond acceptors (Lipinski definition) is 3. The molecule has 0 fully saturated rings. The minimum absolute atomic E-state index is 0.140. The molecule has 4 aromatic rings. The highest BCUT2D eigenvalue weighted by Gasteiger charge is 2.12. The normalized spacial score (nSPS) is 10.6. The molecule has 0 aliphatic heterocycles. The molecule has 0 N–H and O–H groups in total. The van der Waals surface area contributed by atoms with Gasteiger partial charge in [0.1, 0.15) is 0 Å². The van der Waals surface area contributed by atoms with Crippen LogP contribution < -0.4 is 0 Å². The van der Waals surface area contributed by atoms with E-state index in [1.165, 1.54) is 0 Å². The summed E-state index contributed by atoms with van der Waals surface area (Å²) < 4.78 is 5.24. The third kappa shape index (κ3) is 4.41. The monoisotopic (exact) mass is 380 g/mol. The summed E-state index contributed by atoms with van der Waals surface area (Å²) in [4.78, 5) is 24.6. The molecular weight excluding hydrogens is 360 g/mol. The van der Waals surface area contributed by atoms with Gasteiger partial charge in [-0.1, -0.05) is 97.1 Å². The van der Waals surface area contributed by atoms with E-state index < -0.39 is 5.97 Å². The maximum atomic E-state index is 12.4. The van der Waals surface area contributed by atoms with Crippen molar-refractivity contribution in [3.63, 3.8) is 0 Å². The standard InChI is InChI=1S/C26H20O3/c27-25(22-15-13-20(14-16-22)19-7-2-1-3-8-19)18-29-26(28)17-23-11-6-10-21-9-4-5-12-24(21)23/h1-16H,17-18H2. The van der Waals surface area contributed by atoms with E-state index in [1.54, 1.807) is 12.1 Å². The first-order valence-electron chi connectivity index (χ1n) is 9.52. The van der Waals surface area contributed by atoms with E-state index in [0.717, 1.165) is 27.5 Å². The maximum Gasteiger partial charge on any atom is 0.310 e. The molecular formula is C26H20O3. The Hall–Kier alpha value is -3.72. The lowest BCUT2D eigenvalue weighted by atomic mass is 10.0. The fraction of sp³-hybridized carbons (Fsp3) is 0.0769. The molecule has 4 rings (SSSR count). The van der Waals surface area contributed by atoms with Gasteiger partial charge in [-0.05, 0) is 27.5 Å². The van der Waals surface area contributed by atoms with Gasteiger partial charge in [0.05, 0.1) is 6.42 Å². The van der Waals surface area contributed by atoms with Crippen LogP contribution in [-0.2, 0) is 16.0 Å². The minimum Gasteiger partial charge on any atom is -0.457 e. The van der Waals surface area contributed by atoms with E-state index in [-0.39, 0.29) is 18.8 Å². The SMILES string of the molecule is O=C(Cc1cccc2ccccc12)OCC(=O)c1ccc(-c2ccccc2)cc1. The first-order chi connectivity index (χ1) is 14.2. The quantitative estimate of drug-likeness (QED) is 0.329. The van der Waals surface area contributed by atoms with E-state index in [4.69, 9.17) is 4.74 Å². The Kier molecular flexibility index (Phi) is 5.48. The zero-order valence-corrected chi connectivity index (χ0v) is 15.9. The van der Waals surface area contributed by atoms with Crippen LogP contribution in [0.2, 0.25) is 0 Å². The summed E-state index contributed by atoms with van der Waals surface area (Å²) in [6.07, 6.45) is 0.140. The van der Waals surface area contributed by atoms with Gasteiger partial charge < -0.3 is 4.74 Å². The van der Waals surface area contributed by atoms with Crippen molar-refractivity contribution in [2.75, 3.05) is 6.61 Å². The highest BCUT2D eigenvalue weighted by Crippen LogP contribution is 2.20. The Bertz CT molecular complexity index is 1140. The van der Waals surface area contributed by atoms with Gasteiger partial charge in [-0.25, -0.2) is 0 Å². The maximum absolute atomic E-state index is 12.4. The number of benzene rings is 4. The highest BCUT2D eigenvalue weighted by molar-refractivity contribution is 5.98. The summed E-state index contributed by atoms with van der Waals surface area (Å²) in [6, 6.07) is 31.0. The number of Topliss-reactive ketones (excluding diaryl/α,β-unsaturated/α-hetero) is 1. The van der Waals surface area contributed by atoms with Crippen LogP contribution in [0.4, 0.5) is 0 Å². The number of ether oxygens (including phenoxy) is 1. The molecule has 0 saturated carbocycles. The third-order valence-electron chi connectivity index (χ3n) is 4.89. The van der Waals surface area contributed by atoms with E-state index >= 15 is 0 Å². The lowest BCUT2D eigenvalue weighted by molar-refractivity contribution is -0.141. The van der Waals surface area contributed by atoms with Gasteiger partial charge in [-0.3, -0.25) is 9.59 Å². The van der Waals surface area contributed by atoms with Crippen molar-refractivity contribution in [3.05, 3.63) is 108 Å². The van der Waals surface area contributed by atoms with Crippen molar-refractivity contribution >= 4 is 22.5 Å². The average molecular weight is 380 g/mol. The van der Waals surface area contributed by atoms with Crippen molar-refractivity contribution in [1.29, 1.82) is 0 Å². The number of rotatable bonds is 6. The number of ketones is 1. The van der Waals surface area contributed by atoms with Gasteiger partial charge in [0, 0.05) is 5.56 Å². The smallest absolute Gasteiger partial charge is 0.310 e. The Labute approximate surface area is 169 Å². The van der Waals surface area contributed by atoms with Crippen LogP contribution in [0.3, 0.4) is 0 Å². The molecule has 0 amide bonds. The summed E-state index contributed by atoms with van der Waals surface area (Å²) in [6.45, 7) is -0.256. The van der Waals surface area contributed by atoms with Gasteiger partial charge in [-0.15, -0.1) is 0 Å². The molecule has 0 unspecified atom stereocenters. The van der Waals surface area contributed by atoms with Crippen molar-refractivity contribution in [2.24, 2.45) is 0 Å². The lowest BCUT2D eigenvalue weighted by Gasteiger charge is -2.08. The first kappa shape index (κ1) is 18.6. The van der Waals surface area contributed by atoms with Crippen LogP contribution in [0.5, 0.6) is 0 Å².